The number of rotatable bonds is 11. The Morgan fingerprint density at radius 3 is 2.16 bits per heavy atom. The van der Waals surface area contributed by atoms with Crippen LogP contribution in [0.3, 0.4) is 0 Å². The van der Waals surface area contributed by atoms with E-state index in [-0.39, 0.29) is 13.2 Å². The van der Waals surface area contributed by atoms with Gasteiger partial charge in [0.15, 0.2) is 0 Å². The smallest absolute Gasteiger partial charge is 0.0606 e. The largest absolute Gasteiger partial charge is 0.395 e. The number of benzene rings is 1. The molecule has 0 saturated heterocycles. The van der Waals surface area contributed by atoms with Gasteiger partial charge in [0.2, 0.25) is 0 Å². The van der Waals surface area contributed by atoms with Crippen LogP contribution in [0.2, 0.25) is 0 Å². The van der Waals surface area contributed by atoms with Crippen LogP contribution in [0.4, 0.5) is 11.4 Å². The molecular weight excluding hydrogens is 318 g/mol. The van der Waals surface area contributed by atoms with Gasteiger partial charge in [0.05, 0.1) is 31.2 Å². The third-order valence-corrected chi connectivity index (χ3v) is 3.62. The van der Waals surface area contributed by atoms with E-state index < -0.39 is 0 Å². The van der Waals surface area contributed by atoms with Gasteiger partial charge in [0, 0.05) is 52.3 Å². The molecule has 0 unspecified atom stereocenters. The zero-order chi connectivity index (χ0) is 18.7. The molecule has 0 bridgehead atoms. The molecule has 1 rings (SSSR count). The summed E-state index contributed by atoms with van der Waals surface area (Å²) < 4.78 is 0. The van der Waals surface area contributed by atoms with Crippen LogP contribution in [0.15, 0.2) is 41.8 Å². The second-order valence-electron chi connectivity index (χ2n) is 5.83. The first-order valence-corrected chi connectivity index (χ1v) is 8.40. The van der Waals surface area contributed by atoms with Gasteiger partial charge in [0.25, 0.3) is 0 Å². The van der Waals surface area contributed by atoms with E-state index in [1.165, 1.54) is 0 Å². The van der Waals surface area contributed by atoms with Crippen LogP contribution in [-0.2, 0) is 0 Å². The molecule has 140 valence electrons. The van der Waals surface area contributed by atoms with Crippen LogP contribution >= 0.6 is 0 Å². The summed E-state index contributed by atoms with van der Waals surface area (Å²) >= 11 is 0. The predicted molar refractivity (Wildman–Crippen MR) is 105 cm³/mol. The average molecular weight is 349 g/mol. The highest BCUT2D eigenvalue weighted by molar-refractivity contribution is 5.84. The fourth-order valence-corrected chi connectivity index (χ4v) is 2.45. The number of aliphatic hydroxyl groups is 2. The lowest BCUT2D eigenvalue weighted by atomic mass is 10.2. The highest BCUT2D eigenvalue weighted by Gasteiger charge is 2.07. The van der Waals surface area contributed by atoms with Gasteiger partial charge in [-0.25, -0.2) is 0 Å². The van der Waals surface area contributed by atoms with Crippen LogP contribution in [0, 0.1) is 0 Å². The Hall–Kier alpha value is -2.25. The molecular formula is C18H31N5O2. The number of nitrogens with one attached hydrogen (secondary N) is 1. The minimum Gasteiger partial charge on any atom is -0.395 e. The Labute approximate surface area is 150 Å². The van der Waals surface area contributed by atoms with Crippen molar-refractivity contribution in [2.75, 3.05) is 63.9 Å². The van der Waals surface area contributed by atoms with Gasteiger partial charge >= 0.3 is 0 Å². The van der Waals surface area contributed by atoms with E-state index in [9.17, 15) is 0 Å². The number of aliphatic hydroxyl groups excluding tert-OH is 2. The Balaban J connectivity index is 2.73. The second-order valence-corrected chi connectivity index (χ2v) is 5.83. The average Bonchev–Trinajstić information content (AvgIpc) is 2.59. The van der Waals surface area contributed by atoms with Crippen molar-refractivity contribution in [2.24, 2.45) is 5.10 Å². The molecule has 7 heteroatoms. The summed E-state index contributed by atoms with van der Waals surface area (Å²) in [4.78, 5) is 4.00. The second kappa shape index (κ2) is 11.3. The Kier molecular flexibility index (Phi) is 9.42. The lowest BCUT2D eigenvalue weighted by Crippen LogP contribution is -2.29. The van der Waals surface area contributed by atoms with Crippen molar-refractivity contribution in [3.63, 3.8) is 0 Å². The van der Waals surface area contributed by atoms with Crippen molar-refractivity contribution in [3.8, 4) is 0 Å². The Morgan fingerprint density at radius 2 is 1.64 bits per heavy atom. The van der Waals surface area contributed by atoms with Gasteiger partial charge < -0.3 is 25.3 Å². The lowest BCUT2D eigenvalue weighted by molar-refractivity contribution is 0.281. The van der Waals surface area contributed by atoms with Crippen molar-refractivity contribution in [3.05, 3.63) is 36.7 Å². The van der Waals surface area contributed by atoms with Crippen LogP contribution in [-0.4, -0.2) is 74.8 Å². The normalized spacial score (nSPS) is 11.7. The maximum Gasteiger partial charge on any atom is 0.0606 e. The minimum absolute atomic E-state index is 0.0562. The zero-order valence-electron chi connectivity index (χ0n) is 15.7. The summed E-state index contributed by atoms with van der Waals surface area (Å²) in [6.07, 6.45) is 3.84. The molecule has 7 nitrogen and oxygen atoms in total. The van der Waals surface area contributed by atoms with Crippen LogP contribution < -0.4 is 15.2 Å². The molecule has 25 heavy (non-hydrogen) atoms. The fraction of sp³-hybridized carbons (Fsp3) is 0.500. The molecule has 1 aromatic rings. The molecule has 0 heterocycles. The number of hydrogen-bond acceptors (Lipinski definition) is 7. The van der Waals surface area contributed by atoms with Gasteiger partial charge in [-0.15, -0.1) is 0 Å². The molecule has 0 amide bonds. The monoisotopic (exact) mass is 349 g/mol. The van der Waals surface area contributed by atoms with Gasteiger partial charge in [-0.2, -0.15) is 5.10 Å². The molecule has 0 saturated carbocycles. The topological polar surface area (TPSA) is 74.6 Å². The summed E-state index contributed by atoms with van der Waals surface area (Å²) in [6.45, 7) is 3.85. The molecule has 0 radical (unpaired) electrons. The van der Waals surface area contributed by atoms with Crippen LogP contribution in [0.5, 0.6) is 0 Å². The first-order chi connectivity index (χ1) is 12.0. The van der Waals surface area contributed by atoms with Crippen LogP contribution in [0.1, 0.15) is 6.92 Å². The zero-order valence-corrected chi connectivity index (χ0v) is 15.7. The summed E-state index contributed by atoms with van der Waals surface area (Å²) in [6, 6.07) is 7.92. The first-order valence-electron chi connectivity index (χ1n) is 8.40. The molecule has 0 fully saturated rings. The third kappa shape index (κ3) is 7.45. The number of nitrogens with zero attached hydrogens (tertiary/aromatic N) is 4. The van der Waals surface area contributed by atoms with Gasteiger partial charge in [0.1, 0.15) is 0 Å². The summed E-state index contributed by atoms with van der Waals surface area (Å²) in [5.41, 5.74) is 2.94. The molecule has 3 N–H and O–H groups in total. The highest BCUT2D eigenvalue weighted by Crippen LogP contribution is 2.20. The molecule has 0 aromatic heterocycles. The van der Waals surface area contributed by atoms with E-state index in [4.69, 9.17) is 10.2 Å². The summed E-state index contributed by atoms with van der Waals surface area (Å²) in [5, 5.41) is 27.7. The van der Waals surface area contributed by atoms with Crippen molar-refractivity contribution >= 4 is 17.1 Å². The molecule has 0 atom stereocenters. The SMILES string of the molecule is CN/C=C\N(C)C/C(C)=N/N(C)c1ccc(N(CCO)CCO)cc1. The fourth-order valence-electron chi connectivity index (χ4n) is 2.45. The van der Waals surface area contributed by atoms with Crippen LogP contribution in [0.25, 0.3) is 0 Å². The third-order valence-electron chi connectivity index (χ3n) is 3.62. The van der Waals surface area contributed by atoms with Crippen molar-refractivity contribution in [1.29, 1.82) is 0 Å². The van der Waals surface area contributed by atoms with E-state index in [1.54, 1.807) is 0 Å². The van der Waals surface area contributed by atoms with E-state index in [0.29, 0.717) is 13.1 Å². The van der Waals surface area contributed by atoms with E-state index in [2.05, 4.69) is 10.4 Å². The number of hydrazone groups is 1. The predicted octanol–water partition coefficient (Wildman–Crippen LogP) is 0.912. The Bertz CT molecular complexity index is 539. The molecule has 1 aromatic carbocycles. The number of hydrogen-bond donors (Lipinski definition) is 3. The lowest BCUT2D eigenvalue weighted by Gasteiger charge is -2.24. The van der Waals surface area contributed by atoms with Gasteiger partial charge in [-0.1, -0.05) is 0 Å². The maximum absolute atomic E-state index is 9.13. The molecule has 0 aliphatic carbocycles. The number of anilines is 2. The Morgan fingerprint density at radius 1 is 1.08 bits per heavy atom. The van der Waals surface area contributed by atoms with E-state index in [1.807, 2.05) is 79.5 Å². The summed E-state index contributed by atoms with van der Waals surface area (Å²) in [5.74, 6) is 0. The van der Waals surface area contributed by atoms with E-state index in [0.717, 1.165) is 23.6 Å². The van der Waals surface area contributed by atoms with E-state index >= 15 is 0 Å². The first kappa shape index (κ1) is 20.8. The molecule has 0 spiro atoms. The van der Waals surface area contributed by atoms with Crippen molar-refractivity contribution in [2.45, 2.75) is 6.92 Å². The van der Waals surface area contributed by atoms with Crippen molar-refractivity contribution in [1.82, 2.24) is 10.2 Å². The maximum atomic E-state index is 9.13. The molecule has 0 aliphatic heterocycles. The minimum atomic E-state index is 0.0562. The molecule has 0 aliphatic rings. The van der Waals surface area contributed by atoms with Gasteiger partial charge in [-0.3, -0.25) is 5.01 Å². The van der Waals surface area contributed by atoms with Gasteiger partial charge in [-0.05, 0) is 31.2 Å². The quantitative estimate of drug-likeness (QED) is 0.407. The highest BCUT2D eigenvalue weighted by atomic mass is 16.3. The summed E-state index contributed by atoms with van der Waals surface area (Å²) in [7, 11) is 5.78. The van der Waals surface area contributed by atoms with Crippen molar-refractivity contribution < 1.29 is 10.2 Å². The standard InChI is InChI=1S/C18H31N5O2/c1-16(15-21(3)10-9-19-2)20-22(4)17-5-7-18(8-6-17)23(11-13-24)12-14-25/h5-10,19,24-25H,11-15H2,1-4H3/b10-9-,20-16+.